The molecule has 1 N–H and O–H groups in total. The number of nitrogens with one attached hydrogen (secondary N) is 1. The van der Waals surface area contributed by atoms with E-state index in [1.165, 1.54) is 56.3 Å². The Balaban J connectivity index is 1.70. The Bertz CT molecular complexity index is 391. The van der Waals surface area contributed by atoms with Gasteiger partial charge in [-0.1, -0.05) is 37.6 Å². The zero-order chi connectivity index (χ0) is 15.1. The molecule has 1 unspecified atom stereocenters. The van der Waals surface area contributed by atoms with Crippen LogP contribution in [0.2, 0.25) is 0 Å². The van der Waals surface area contributed by atoms with E-state index in [2.05, 4.69) is 55.4 Å². The molecule has 1 aromatic rings. The van der Waals surface area contributed by atoms with Crippen LogP contribution >= 0.6 is 0 Å². The molecule has 1 saturated heterocycles. The summed E-state index contributed by atoms with van der Waals surface area (Å²) in [5.74, 6) is 0.924. The van der Waals surface area contributed by atoms with Crippen LogP contribution in [0.3, 0.4) is 0 Å². The molecule has 1 atom stereocenters. The van der Waals surface area contributed by atoms with Gasteiger partial charge < -0.3 is 10.2 Å². The largest absolute Gasteiger partial charge is 0.310 e. The van der Waals surface area contributed by atoms with E-state index in [0.29, 0.717) is 6.04 Å². The molecule has 1 fully saturated rings. The first kappa shape index (κ1) is 16.5. The Hall–Kier alpha value is -0.860. The fourth-order valence-electron chi connectivity index (χ4n) is 3.23. The molecule has 21 heavy (non-hydrogen) atoms. The fourth-order valence-corrected chi connectivity index (χ4v) is 3.23. The van der Waals surface area contributed by atoms with Crippen LogP contribution in [0, 0.1) is 5.92 Å². The maximum atomic E-state index is 3.70. The molecule has 0 bridgehead atoms. The normalized spacial score (nSPS) is 18.8. The lowest BCUT2D eigenvalue weighted by Crippen LogP contribution is -2.32. The maximum Gasteiger partial charge on any atom is 0.0291 e. The molecule has 118 valence electrons. The van der Waals surface area contributed by atoms with Crippen molar-refractivity contribution >= 4 is 0 Å². The quantitative estimate of drug-likeness (QED) is 0.815. The molecule has 0 aliphatic carbocycles. The lowest BCUT2D eigenvalue weighted by Gasteiger charge is -2.29. The van der Waals surface area contributed by atoms with Gasteiger partial charge in [-0.3, -0.25) is 0 Å². The van der Waals surface area contributed by atoms with Crippen LogP contribution in [0.1, 0.15) is 56.7 Å². The van der Waals surface area contributed by atoms with Crippen LogP contribution < -0.4 is 5.32 Å². The molecular weight excluding hydrogens is 256 g/mol. The van der Waals surface area contributed by atoms with Gasteiger partial charge in [0.25, 0.3) is 0 Å². The maximum absolute atomic E-state index is 3.70. The molecule has 0 radical (unpaired) electrons. The average molecular weight is 288 g/mol. The van der Waals surface area contributed by atoms with Gasteiger partial charge >= 0.3 is 0 Å². The summed E-state index contributed by atoms with van der Waals surface area (Å²) in [6, 6.07) is 9.62. The average Bonchev–Trinajstić information content (AvgIpc) is 2.50. The molecule has 0 saturated carbocycles. The lowest BCUT2D eigenvalue weighted by atomic mass is 9.93. The highest BCUT2D eigenvalue weighted by atomic mass is 15.1. The second-order valence-electron chi connectivity index (χ2n) is 6.70. The number of rotatable bonds is 7. The van der Waals surface area contributed by atoms with Crippen LogP contribution in [0.5, 0.6) is 0 Å². The highest BCUT2D eigenvalue weighted by Gasteiger charge is 2.16. The van der Waals surface area contributed by atoms with Gasteiger partial charge in [-0.05, 0) is 76.3 Å². The molecule has 1 aliphatic heterocycles. The van der Waals surface area contributed by atoms with Crippen molar-refractivity contribution in [3.05, 3.63) is 35.4 Å². The second kappa shape index (κ2) is 8.55. The van der Waals surface area contributed by atoms with Crippen molar-refractivity contribution in [1.29, 1.82) is 0 Å². The van der Waals surface area contributed by atoms with Gasteiger partial charge in [-0.2, -0.15) is 0 Å². The molecule has 2 nitrogen and oxygen atoms in total. The summed E-state index contributed by atoms with van der Waals surface area (Å²) in [5.41, 5.74) is 2.87. The smallest absolute Gasteiger partial charge is 0.0291 e. The third-order valence-electron chi connectivity index (χ3n) is 4.86. The third-order valence-corrected chi connectivity index (χ3v) is 4.86. The molecule has 2 rings (SSSR count). The summed E-state index contributed by atoms with van der Waals surface area (Å²) in [4.78, 5) is 2.45. The van der Waals surface area contributed by atoms with Gasteiger partial charge in [0.05, 0.1) is 0 Å². The van der Waals surface area contributed by atoms with Crippen molar-refractivity contribution in [1.82, 2.24) is 10.2 Å². The van der Waals surface area contributed by atoms with E-state index in [-0.39, 0.29) is 0 Å². The van der Waals surface area contributed by atoms with Gasteiger partial charge in [0.2, 0.25) is 0 Å². The number of hydrogen-bond donors (Lipinski definition) is 1. The Morgan fingerprint density at radius 3 is 2.48 bits per heavy atom. The van der Waals surface area contributed by atoms with E-state index in [4.69, 9.17) is 0 Å². The van der Waals surface area contributed by atoms with E-state index in [0.717, 1.165) is 12.5 Å². The van der Waals surface area contributed by atoms with Gasteiger partial charge in [0, 0.05) is 6.04 Å². The van der Waals surface area contributed by atoms with Crippen molar-refractivity contribution in [2.24, 2.45) is 5.92 Å². The number of piperidine rings is 1. The molecule has 1 heterocycles. The molecule has 0 aromatic heterocycles. The Morgan fingerprint density at radius 2 is 1.86 bits per heavy atom. The first-order valence-corrected chi connectivity index (χ1v) is 8.69. The van der Waals surface area contributed by atoms with Gasteiger partial charge in [0.15, 0.2) is 0 Å². The summed E-state index contributed by atoms with van der Waals surface area (Å²) in [7, 11) is 2.23. The predicted octanol–water partition coefficient (Wildman–Crippen LogP) is 4.02. The van der Waals surface area contributed by atoms with Gasteiger partial charge in [-0.15, -0.1) is 0 Å². The van der Waals surface area contributed by atoms with Crippen LogP contribution in [0.25, 0.3) is 0 Å². The molecule has 1 aliphatic rings. The first-order valence-electron chi connectivity index (χ1n) is 8.69. The molecule has 0 spiro atoms. The Labute approximate surface area is 130 Å². The number of benzene rings is 1. The second-order valence-corrected chi connectivity index (χ2v) is 6.70. The summed E-state index contributed by atoms with van der Waals surface area (Å²) in [6.07, 6.45) is 6.49. The minimum absolute atomic E-state index is 0.465. The zero-order valence-electron chi connectivity index (χ0n) is 14.1. The zero-order valence-corrected chi connectivity index (χ0v) is 14.1. The molecule has 2 heteroatoms. The van der Waals surface area contributed by atoms with Crippen LogP contribution in [0.4, 0.5) is 0 Å². The van der Waals surface area contributed by atoms with Crippen LogP contribution in [0.15, 0.2) is 24.3 Å². The SMILES string of the molecule is CCCc1ccc(C(C)NCCC2CCN(C)CC2)cc1. The summed E-state index contributed by atoms with van der Waals surface area (Å²) < 4.78 is 0. The van der Waals surface area contributed by atoms with E-state index in [9.17, 15) is 0 Å². The van der Waals surface area contributed by atoms with E-state index < -0.39 is 0 Å². The minimum Gasteiger partial charge on any atom is -0.310 e. The van der Waals surface area contributed by atoms with E-state index in [1.807, 2.05) is 0 Å². The Kier molecular flexibility index (Phi) is 6.72. The lowest BCUT2D eigenvalue weighted by molar-refractivity contribution is 0.211. The molecule has 0 amide bonds. The topological polar surface area (TPSA) is 15.3 Å². The molecular formula is C19H32N2. The van der Waals surface area contributed by atoms with E-state index in [1.54, 1.807) is 0 Å². The molecule has 1 aromatic carbocycles. The van der Waals surface area contributed by atoms with Crippen molar-refractivity contribution in [2.75, 3.05) is 26.7 Å². The predicted molar refractivity (Wildman–Crippen MR) is 91.7 cm³/mol. The number of hydrogen-bond acceptors (Lipinski definition) is 2. The Morgan fingerprint density at radius 1 is 1.19 bits per heavy atom. The van der Waals surface area contributed by atoms with Crippen LogP contribution in [-0.2, 0) is 6.42 Å². The van der Waals surface area contributed by atoms with Crippen molar-refractivity contribution in [3.63, 3.8) is 0 Å². The first-order chi connectivity index (χ1) is 10.2. The fraction of sp³-hybridized carbons (Fsp3) is 0.684. The van der Waals surface area contributed by atoms with Gasteiger partial charge in [-0.25, -0.2) is 0 Å². The van der Waals surface area contributed by atoms with Crippen LogP contribution in [-0.4, -0.2) is 31.6 Å². The van der Waals surface area contributed by atoms with Crippen molar-refractivity contribution < 1.29 is 0 Å². The number of aryl methyl sites for hydroxylation is 1. The summed E-state index contributed by atoms with van der Waals surface area (Å²) >= 11 is 0. The third kappa shape index (κ3) is 5.44. The highest BCUT2D eigenvalue weighted by molar-refractivity contribution is 5.24. The summed E-state index contributed by atoms with van der Waals surface area (Å²) in [5, 5.41) is 3.70. The monoisotopic (exact) mass is 288 g/mol. The van der Waals surface area contributed by atoms with E-state index >= 15 is 0 Å². The highest BCUT2D eigenvalue weighted by Crippen LogP contribution is 2.20. The number of likely N-dealkylation sites (tertiary alicyclic amines) is 1. The standard InChI is InChI=1S/C19H32N2/c1-4-5-17-6-8-19(9-7-17)16(2)20-13-10-18-11-14-21(3)15-12-18/h6-9,16,18,20H,4-5,10-15H2,1-3H3. The minimum atomic E-state index is 0.465. The van der Waals surface area contributed by atoms with Gasteiger partial charge in [0.1, 0.15) is 0 Å². The number of nitrogens with zero attached hydrogens (tertiary/aromatic N) is 1. The summed E-state index contributed by atoms with van der Waals surface area (Å²) in [6.45, 7) is 8.22. The van der Waals surface area contributed by atoms with Crippen molar-refractivity contribution in [3.8, 4) is 0 Å². The van der Waals surface area contributed by atoms with Crippen molar-refractivity contribution in [2.45, 2.75) is 52.0 Å².